The predicted molar refractivity (Wildman–Crippen MR) is 84.3 cm³/mol. The van der Waals surface area contributed by atoms with E-state index in [1.54, 1.807) is 7.11 Å². The Hall–Kier alpha value is -0.650. The van der Waals surface area contributed by atoms with Crippen molar-refractivity contribution in [3.8, 4) is 0 Å². The summed E-state index contributed by atoms with van der Waals surface area (Å²) >= 11 is 0. The minimum atomic E-state index is 0.249. The van der Waals surface area contributed by atoms with Gasteiger partial charge in [0, 0.05) is 45.2 Å². The van der Waals surface area contributed by atoms with E-state index in [-0.39, 0.29) is 5.92 Å². The van der Waals surface area contributed by atoms with Gasteiger partial charge in [-0.15, -0.1) is 0 Å². The fourth-order valence-corrected chi connectivity index (χ4v) is 3.53. The molecule has 1 N–H and O–H groups in total. The van der Waals surface area contributed by atoms with Crippen LogP contribution in [0, 0.1) is 5.92 Å². The van der Waals surface area contributed by atoms with Gasteiger partial charge in [0.05, 0.1) is 6.61 Å². The number of rotatable bonds is 6. The quantitative estimate of drug-likeness (QED) is 0.793. The fraction of sp³-hybridized carbons (Fsp3) is 0.938. The van der Waals surface area contributed by atoms with Crippen molar-refractivity contribution in [1.82, 2.24) is 15.1 Å². The van der Waals surface area contributed by atoms with Crippen LogP contribution in [0.1, 0.15) is 32.6 Å². The van der Waals surface area contributed by atoms with E-state index in [4.69, 9.17) is 4.74 Å². The molecular weight excluding hydrogens is 266 g/mol. The van der Waals surface area contributed by atoms with Gasteiger partial charge in [0.1, 0.15) is 0 Å². The average molecular weight is 297 g/mol. The second kappa shape index (κ2) is 8.71. The molecule has 0 bridgehead atoms. The second-order valence-electron chi connectivity index (χ2n) is 6.28. The zero-order chi connectivity index (χ0) is 15.1. The number of hydrogen-bond donors (Lipinski definition) is 1. The van der Waals surface area contributed by atoms with Gasteiger partial charge >= 0.3 is 0 Å². The summed E-state index contributed by atoms with van der Waals surface area (Å²) in [4.78, 5) is 17.3. The van der Waals surface area contributed by atoms with Crippen LogP contribution in [0.5, 0.6) is 0 Å². The van der Waals surface area contributed by atoms with Gasteiger partial charge in [0.15, 0.2) is 0 Å². The molecule has 2 fully saturated rings. The van der Waals surface area contributed by atoms with Crippen LogP contribution in [0.25, 0.3) is 0 Å². The molecule has 2 aliphatic heterocycles. The Bertz CT molecular complexity index is 319. The highest BCUT2D eigenvalue weighted by Crippen LogP contribution is 2.20. The first kappa shape index (κ1) is 16.7. The van der Waals surface area contributed by atoms with Crippen LogP contribution < -0.4 is 5.32 Å². The van der Waals surface area contributed by atoms with Crippen molar-refractivity contribution in [3.05, 3.63) is 0 Å². The van der Waals surface area contributed by atoms with Crippen molar-refractivity contribution in [2.45, 2.75) is 38.6 Å². The van der Waals surface area contributed by atoms with Crippen LogP contribution in [-0.2, 0) is 9.53 Å². The van der Waals surface area contributed by atoms with Crippen LogP contribution in [-0.4, -0.2) is 74.7 Å². The molecule has 0 radical (unpaired) electrons. The van der Waals surface area contributed by atoms with E-state index < -0.39 is 0 Å². The number of hydrogen-bond acceptors (Lipinski definition) is 4. The molecule has 1 unspecified atom stereocenters. The Balaban J connectivity index is 1.89. The minimum absolute atomic E-state index is 0.249. The number of nitrogens with one attached hydrogen (secondary N) is 1. The molecule has 2 aliphatic rings. The topological polar surface area (TPSA) is 44.8 Å². The lowest BCUT2D eigenvalue weighted by molar-refractivity contribution is -0.139. The van der Waals surface area contributed by atoms with Gasteiger partial charge in [0.25, 0.3) is 0 Å². The van der Waals surface area contributed by atoms with Crippen LogP contribution in [0.4, 0.5) is 0 Å². The molecule has 0 spiro atoms. The maximum absolute atomic E-state index is 12.7. The number of piperazine rings is 1. The number of nitrogens with zero attached hydrogens (tertiary/aromatic N) is 2. The van der Waals surface area contributed by atoms with Crippen LogP contribution in [0.2, 0.25) is 0 Å². The Labute approximate surface area is 129 Å². The molecule has 2 heterocycles. The highest BCUT2D eigenvalue weighted by atomic mass is 16.5. The first-order valence-electron chi connectivity index (χ1n) is 8.48. The summed E-state index contributed by atoms with van der Waals surface area (Å²) in [6.45, 7) is 8.74. The monoisotopic (exact) mass is 297 g/mol. The van der Waals surface area contributed by atoms with Crippen LogP contribution >= 0.6 is 0 Å². The van der Waals surface area contributed by atoms with E-state index >= 15 is 0 Å². The van der Waals surface area contributed by atoms with Crippen molar-refractivity contribution >= 4 is 5.91 Å². The Morgan fingerprint density at radius 1 is 1.29 bits per heavy atom. The molecule has 0 aliphatic carbocycles. The summed E-state index contributed by atoms with van der Waals surface area (Å²) in [5, 5.41) is 3.34. The molecule has 0 aromatic rings. The standard InChI is InChI=1S/C16H31N3O2/c1-3-4-15-13-19(10-9-18(15)11-12-21-2)16(20)14-5-7-17-8-6-14/h14-15,17H,3-13H2,1-2H3. The van der Waals surface area contributed by atoms with E-state index in [0.717, 1.165) is 58.7 Å². The van der Waals surface area contributed by atoms with Gasteiger partial charge in [-0.25, -0.2) is 0 Å². The zero-order valence-electron chi connectivity index (χ0n) is 13.6. The third kappa shape index (κ3) is 4.66. The Kier molecular flexibility index (Phi) is 6.93. The van der Waals surface area contributed by atoms with Crippen molar-refractivity contribution < 1.29 is 9.53 Å². The van der Waals surface area contributed by atoms with Crippen LogP contribution in [0.3, 0.4) is 0 Å². The third-order valence-electron chi connectivity index (χ3n) is 4.81. The summed E-state index contributed by atoms with van der Waals surface area (Å²) in [6.07, 6.45) is 4.34. The molecule has 5 heteroatoms. The molecule has 1 amide bonds. The predicted octanol–water partition coefficient (Wildman–Crippen LogP) is 0.945. The van der Waals surface area contributed by atoms with Crippen LogP contribution in [0.15, 0.2) is 0 Å². The lowest BCUT2D eigenvalue weighted by Gasteiger charge is -2.42. The molecule has 0 aromatic heterocycles. The van der Waals surface area contributed by atoms with Crippen molar-refractivity contribution in [2.75, 3.05) is 53.0 Å². The number of carbonyl (C=O) groups is 1. The molecule has 2 rings (SSSR count). The first-order valence-corrected chi connectivity index (χ1v) is 8.48. The average Bonchev–Trinajstić information content (AvgIpc) is 2.54. The number of methoxy groups -OCH3 is 1. The van der Waals surface area contributed by atoms with E-state index in [0.29, 0.717) is 11.9 Å². The molecular formula is C16H31N3O2. The van der Waals surface area contributed by atoms with Crippen molar-refractivity contribution in [1.29, 1.82) is 0 Å². The SMILES string of the molecule is CCCC1CN(C(=O)C2CCNCC2)CCN1CCOC. The summed E-state index contributed by atoms with van der Waals surface area (Å²) in [6, 6.07) is 0.504. The maximum atomic E-state index is 12.7. The minimum Gasteiger partial charge on any atom is -0.383 e. The maximum Gasteiger partial charge on any atom is 0.225 e. The smallest absolute Gasteiger partial charge is 0.225 e. The normalized spacial score (nSPS) is 25.2. The lowest BCUT2D eigenvalue weighted by atomic mass is 9.95. The number of carbonyl (C=O) groups excluding carboxylic acids is 1. The molecule has 2 saturated heterocycles. The number of amides is 1. The Morgan fingerprint density at radius 3 is 2.71 bits per heavy atom. The van der Waals surface area contributed by atoms with Gasteiger partial charge in [0.2, 0.25) is 5.91 Å². The molecule has 122 valence electrons. The molecule has 0 saturated carbocycles. The third-order valence-corrected chi connectivity index (χ3v) is 4.81. The van der Waals surface area contributed by atoms with E-state index in [1.165, 1.54) is 12.8 Å². The van der Waals surface area contributed by atoms with E-state index in [1.807, 2.05) is 0 Å². The van der Waals surface area contributed by atoms with Gasteiger partial charge in [-0.2, -0.15) is 0 Å². The highest BCUT2D eigenvalue weighted by molar-refractivity contribution is 5.79. The molecule has 5 nitrogen and oxygen atoms in total. The first-order chi connectivity index (χ1) is 10.3. The Morgan fingerprint density at radius 2 is 2.05 bits per heavy atom. The summed E-state index contributed by atoms with van der Waals surface area (Å²) in [5.41, 5.74) is 0. The summed E-state index contributed by atoms with van der Waals surface area (Å²) < 4.78 is 5.21. The van der Waals surface area contributed by atoms with Gasteiger partial charge in [-0.1, -0.05) is 13.3 Å². The molecule has 21 heavy (non-hydrogen) atoms. The van der Waals surface area contributed by atoms with Crippen molar-refractivity contribution in [3.63, 3.8) is 0 Å². The van der Waals surface area contributed by atoms with Crippen molar-refractivity contribution in [2.24, 2.45) is 5.92 Å². The summed E-state index contributed by atoms with van der Waals surface area (Å²) in [7, 11) is 1.76. The largest absolute Gasteiger partial charge is 0.383 e. The summed E-state index contributed by atoms with van der Waals surface area (Å²) in [5.74, 6) is 0.642. The van der Waals surface area contributed by atoms with Gasteiger partial charge < -0.3 is 15.0 Å². The van der Waals surface area contributed by atoms with E-state index in [9.17, 15) is 4.79 Å². The van der Waals surface area contributed by atoms with E-state index in [2.05, 4.69) is 22.0 Å². The molecule has 1 atom stereocenters. The second-order valence-corrected chi connectivity index (χ2v) is 6.28. The molecule has 0 aromatic carbocycles. The number of piperidine rings is 1. The number of ether oxygens (including phenoxy) is 1. The lowest BCUT2D eigenvalue weighted by Crippen LogP contribution is -2.56. The zero-order valence-corrected chi connectivity index (χ0v) is 13.6. The van der Waals surface area contributed by atoms with Gasteiger partial charge in [-0.05, 0) is 32.4 Å². The fourth-order valence-electron chi connectivity index (χ4n) is 3.53. The highest BCUT2D eigenvalue weighted by Gasteiger charge is 2.32. The van der Waals surface area contributed by atoms with Gasteiger partial charge in [-0.3, -0.25) is 9.69 Å².